The fraction of sp³-hybridized carbons (Fsp3) is 0.0968. The van der Waals surface area contributed by atoms with Crippen LogP contribution in [0.5, 0.6) is 0 Å². The van der Waals surface area contributed by atoms with Crippen molar-refractivity contribution in [2.75, 3.05) is 11.5 Å². The molecule has 1 saturated heterocycles. The number of ketones is 1. The van der Waals surface area contributed by atoms with E-state index in [-0.39, 0.29) is 17.8 Å². The number of Topliss-reactive ketones (excluding diaryl/α,β-unsaturated/α-hetero) is 1. The van der Waals surface area contributed by atoms with Gasteiger partial charge in [0, 0.05) is 22.6 Å². The van der Waals surface area contributed by atoms with Gasteiger partial charge in [-0.15, -0.1) is 0 Å². The number of ether oxygens (including phenoxy) is 1. The highest BCUT2D eigenvalue weighted by Crippen LogP contribution is 2.35. The van der Waals surface area contributed by atoms with Crippen LogP contribution in [0.3, 0.4) is 0 Å². The van der Waals surface area contributed by atoms with E-state index in [4.69, 9.17) is 16.3 Å². The number of carbonyl (C=O) groups is 4. The SMILES string of the molecule is N#Cc1ccc(-c2ccccc2)nc1SC1CC(=O)N(c2ccc(C(=O)OCC(=O)c3ccc(Cl)cc3)cc2)C1=O. The summed E-state index contributed by atoms with van der Waals surface area (Å²) in [5.74, 6) is -1.96. The lowest BCUT2D eigenvalue weighted by Crippen LogP contribution is -2.31. The predicted molar refractivity (Wildman–Crippen MR) is 154 cm³/mol. The van der Waals surface area contributed by atoms with Crippen molar-refractivity contribution in [2.24, 2.45) is 0 Å². The molecule has 202 valence electrons. The monoisotopic (exact) mass is 581 g/mol. The van der Waals surface area contributed by atoms with Crippen LogP contribution in [0.25, 0.3) is 11.3 Å². The topological polar surface area (TPSA) is 117 Å². The van der Waals surface area contributed by atoms with E-state index in [1.165, 1.54) is 24.3 Å². The highest BCUT2D eigenvalue weighted by Gasteiger charge is 2.40. The Labute approximate surface area is 244 Å². The van der Waals surface area contributed by atoms with E-state index in [2.05, 4.69) is 11.1 Å². The van der Waals surface area contributed by atoms with Crippen LogP contribution >= 0.6 is 23.4 Å². The first-order valence-electron chi connectivity index (χ1n) is 12.4. The molecule has 1 unspecified atom stereocenters. The summed E-state index contributed by atoms with van der Waals surface area (Å²) in [4.78, 5) is 56.5. The molecule has 0 radical (unpaired) electrons. The molecule has 0 N–H and O–H groups in total. The maximum atomic E-state index is 13.3. The summed E-state index contributed by atoms with van der Waals surface area (Å²) in [5, 5.41) is 9.67. The minimum absolute atomic E-state index is 0.0672. The summed E-state index contributed by atoms with van der Waals surface area (Å²) >= 11 is 6.91. The zero-order chi connectivity index (χ0) is 28.9. The fourth-order valence-corrected chi connectivity index (χ4v) is 5.39. The van der Waals surface area contributed by atoms with E-state index in [0.29, 0.717) is 32.6 Å². The van der Waals surface area contributed by atoms with Gasteiger partial charge in [0.1, 0.15) is 11.1 Å². The lowest BCUT2D eigenvalue weighted by molar-refractivity contribution is -0.121. The van der Waals surface area contributed by atoms with Crippen LogP contribution in [0.2, 0.25) is 5.02 Å². The van der Waals surface area contributed by atoms with Crippen molar-refractivity contribution < 1.29 is 23.9 Å². The number of imide groups is 1. The number of esters is 1. The summed E-state index contributed by atoms with van der Waals surface area (Å²) in [6.45, 7) is -0.450. The first-order chi connectivity index (χ1) is 19.8. The van der Waals surface area contributed by atoms with Crippen molar-refractivity contribution in [3.05, 3.63) is 113 Å². The number of aromatic nitrogens is 1. The third-order valence-electron chi connectivity index (χ3n) is 6.27. The summed E-state index contributed by atoms with van der Waals surface area (Å²) < 4.78 is 5.12. The number of hydrogen-bond acceptors (Lipinski definition) is 8. The van der Waals surface area contributed by atoms with Gasteiger partial charge in [-0.25, -0.2) is 14.7 Å². The maximum Gasteiger partial charge on any atom is 0.338 e. The largest absolute Gasteiger partial charge is 0.454 e. The van der Waals surface area contributed by atoms with E-state index >= 15 is 0 Å². The Balaban J connectivity index is 1.25. The van der Waals surface area contributed by atoms with E-state index in [0.717, 1.165) is 22.2 Å². The van der Waals surface area contributed by atoms with Crippen LogP contribution in [0, 0.1) is 11.3 Å². The normalized spacial score (nSPS) is 14.5. The number of carbonyl (C=O) groups excluding carboxylic acids is 4. The summed E-state index contributed by atoms with van der Waals surface area (Å²) in [6.07, 6.45) is -0.0672. The number of benzene rings is 3. The second kappa shape index (κ2) is 12.2. The van der Waals surface area contributed by atoms with Gasteiger partial charge >= 0.3 is 5.97 Å². The smallest absolute Gasteiger partial charge is 0.338 e. The average Bonchev–Trinajstić information content (AvgIpc) is 3.28. The second-order valence-corrected chi connectivity index (χ2v) is 10.6. The second-order valence-electron chi connectivity index (χ2n) is 8.96. The third kappa shape index (κ3) is 6.19. The maximum absolute atomic E-state index is 13.3. The van der Waals surface area contributed by atoms with Gasteiger partial charge in [0.25, 0.3) is 0 Å². The number of hydrogen-bond donors (Lipinski definition) is 0. The minimum atomic E-state index is -0.767. The molecule has 0 saturated carbocycles. The molecule has 2 heterocycles. The van der Waals surface area contributed by atoms with Gasteiger partial charge < -0.3 is 4.74 Å². The molecular formula is C31H20ClN3O5S. The van der Waals surface area contributed by atoms with E-state index < -0.39 is 29.6 Å². The van der Waals surface area contributed by atoms with Crippen molar-refractivity contribution >= 4 is 52.6 Å². The molecule has 1 atom stereocenters. The Bertz CT molecular complexity index is 1690. The third-order valence-corrected chi connectivity index (χ3v) is 7.71. The number of halogens is 1. The van der Waals surface area contributed by atoms with Gasteiger partial charge in [-0.1, -0.05) is 53.7 Å². The number of anilines is 1. The molecule has 1 aliphatic rings. The van der Waals surface area contributed by atoms with E-state index in [9.17, 15) is 24.4 Å². The van der Waals surface area contributed by atoms with E-state index in [1.807, 2.05) is 30.3 Å². The van der Waals surface area contributed by atoms with Crippen molar-refractivity contribution in [1.29, 1.82) is 5.26 Å². The molecule has 1 aliphatic heterocycles. The number of amides is 2. The number of nitrogens with zero attached hydrogens (tertiary/aromatic N) is 3. The van der Waals surface area contributed by atoms with Crippen molar-refractivity contribution in [2.45, 2.75) is 16.7 Å². The first-order valence-corrected chi connectivity index (χ1v) is 13.7. The van der Waals surface area contributed by atoms with Gasteiger partial charge in [-0.3, -0.25) is 14.4 Å². The molecule has 8 nitrogen and oxygen atoms in total. The molecule has 0 bridgehead atoms. The lowest BCUT2D eigenvalue weighted by Gasteiger charge is -2.15. The van der Waals surface area contributed by atoms with Crippen LogP contribution in [0.4, 0.5) is 5.69 Å². The Kier molecular flexibility index (Phi) is 8.24. The van der Waals surface area contributed by atoms with Crippen molar-refractivity contribution in [3.8, 4) is 17.3 Å². The molecule has 5 rings (SSSR count). The Morgan fingerprint density at radius 1 is 0.951 bits per heavy atom. The standard InChI is InChI=1S/C31H20ClN3O5S/c32-23-11-6-20(7-12-23)26(36)18-40-31(39)21-8-13-24(14-9-21)35-28(37)16-27(30(35)38)41-29-22(17-33)10-15-25(34-29)19-4-2-1-3-5-19/h1-15,27H,16,18H2. The first kappa shape index (κ1) is 27.8. The predicted octanol–water partition coefficient (Wildman–Crippen LogP) is 5.74. The van der Waals surface area contributed by atoms with E-state index in [1.54, 1.807) is 36.4 Å². The van der Waals surface area contributed by atoms with Gasteiger partial charge in [0.15, 0.2) is 12.4 Å². The van der Waals surface area contributed by atoms with Crippen LogP contribution in [-0.2, 0) is 14.3 Å². The molecule has 3 aromatic carbocycles. The number of pyridine rings is 1. The Morgan fingerprint density at radius 3 is 2.32 bits per heavy atom. The average molecular weight is 582 g/mol. The van der Waals surface area contributed by atoms with Crippen LogP contribution in [0.1, 0.15) is 32.7 Å². The minimum Gasteiger partial charge on any atom is -0.454 e. The van der Waals surface area contributed by atoms with Crippen molar-refractivity contribution in [3.63, 3.8) is 0 Å². The van der Waals surface area contributed by atoms with Gasteiger partial charge in [-0.05, 0) is 60.7 Å². The zero-order valence-electron chi connectivity index (χ0n) is 21.3. The molecule has 41 heavy (non-hydrogen) atoms. The van der Waals surface area contributed by atoms with Crippen LogP contribution in [-0.4, -0.2) is 40.4 Å². The fourth-order valence-electron chi connectivity index (χ4n) is 4.17. The number of nitriles is 1. The summed E-state index contributed by atoms with van der Waals surface area (Å²) in [6, 6.07) is 26.9. The van der Waals surface area contributed by atoms with Crippen molar-refractivity contribution in [1.82, 2.24) is 4.98 Å². The quantitative estimate of drug-likeness (QED) is 0.147. The molecule has 1 aromatic heterocycles. The molecule has 4 aromatic rings. The summed E-state index contributed by atoms with van der Waals surface area (Å²) in [5.41, 5.74) is 2.64. The molecule has 0 aliphatic carbocycles. The number of thioether (sulfide) groups is 1. The molecule has 1 fully saturated rings. The Morgan fingerprint density at radius 2 is 1.63 bits per heavy atom. The highest BCUT2D eigenvalue weighted by molar-refractivity contribution is 8.00. The molecule has 2 amide bonds. The van der Waals surface area contributed by atoms with Gasteiger partial charge in [0.2, 0.25) is 11.8 Å². The highest BCUT2D eigenvalue weighted by atomic mass is 35.5. The van der Waals surface area contributed by atoms with Crippen LogP contribution < -0.4 is 4.90 Å². The van der Waals surface area contributed by atoms with Gasteiger partial charge in [0.05, 0.1) is 27.8 Å². The molecular weight excluding hydrogens is 562 g/mol. The number of rotatable bonds is 8. The summed E-state index contributed by atoms with van der Waals surface area (Å²) in [7, 11) is 0. The molecule has 10 heteroatoms. The van der Waals surface area contributed by atoms with Crippen LogP contribution in [0.15, 0.2) is 96.0 Å². The molecule has 0 spiro atoms. The van der Waals surface area contributed by atoms with Gasteiger partial charge in [-0.2, -0.15) is 5.26 Å². The zero-order valence-corrected chi connectivity index (χ0v) is 22.9. The lowest BCUT2D eigenvalue weighted by atomic mass is 10.1. The Hall–Kier alpha value is -4.78.